The minimum absolute atomic E-state index is 0.528. The monoisotopic (exact) mass is 387 g/mol. The first kappa shape index (κ1) is 19.1. The molecule has 2 aromatic carbocycles. The van der Waals surface area contributed by atoms with Gasteiger partial charge in [0.1, 0.15) is 11.5 Å². The molecule has 0 bridgehead atoms. The van der Waals surface area contributed by atoms with Crippen LogP contribution in [0.5, 0.6) is 11.5 Å². The van der Waals surface area contributed by atoms with Crippen LogP contribution in [0.15, 0.2) is 54.7 Å². The smallest absolute Gasteiger partial charge is 0.167 e. The van der Waals surface area contributed by atoms with Gasteiger partial charge in [0.15, 0.2) is 6.29 Å². The lowest BCUT2D eigenvalue weighted by molar-refractivity contribution is 0.111. The van der Waals surface area contributed by atoms with E-state index in [1.807, 2.05) is 48.7 Å². The van der Waals surface area contributed by atoms with Crippen molar-refractivity contribution in [2.45, 2.75) is 27.2 Å². The molecule has 0 N–H and O–H groups in total. The molecule has 2 aromatic heterocycles. The van der Waals surface area contributed by atoms with E-state index < -0.39 is 0 Å². The summed E-state index contributed by atoms with van der Waals surface area (Å²) in [5.74, 6) is 1.52. The van der Waals surface area contributed by atoms with E-state index in [2.05, 4.69) is 31.2 Å². The fourth-order valence-electron chi connectivity index (χ4n) is 3.90. The summed E-state index contributed by atoms with van der Waals surface area (Å²) in [6.45, 7) is 7.15. The first-order valence-corrected chi connectivity index (χ1v) is 10.1. The number of aryl methyl sites for hydroxylation is 1. The van der Waals surface area contributed by atoms with Crippen molar-refractivity contribution in [2.24, 2.45) is 0 Å². The van der Waals surface area contributed by atoms with Crippen molar-refractivity contribution in [1.82, 2.24) is 4.40 Å². The molecule has 0 radical (unpaired) electrons. The van der Waals surface area contributed by atoms with Crippen LogP contribution in [0.25, 0.3) is 27.4 Å². The van der Waals surface area contributed by atoms with Gasteiger partial charge < -0.3 is 13.9 Å². The Morgan fingerprint density at radius 3 is 2.31 bits per heavy atom. The molecule has 4 nitrogen and oxygen atoms in total. The maximum atomic E-state index is 12.2. The fraction of sp³-hybridized carbons (Fsp3) is 0.240. The Bertz CT molecular complexity index is 1190. The van der Waals surface area contributed by atoms with E-state index in [1.54, 1.807) is 0 Å². The third kappa shape index (κ3) is 3.25. The van der Waals surface area contributed by atoms with Gasteiger partial charge in [-0.2, -0.15) is 0 Å². The lowest BCUT2D eigenvalue weighted by atomic mass is 9.96. The van der Waals surface area contributed by atoms with Crippen LogP contribution >= 0.6 is 0 Å². The molecule has 148 valence electrons. The van der Waals surface area contributed by atoms with E-state index in [0.717, 1.165) is 51.6 Å². The van der Waals surface area contributed by atoms with E-state index >= 15 is 0 Å². The Kier molecular flexibility index (Phi) is 5.26. The number of carbonyl (C=O) groups excluding carboxylic acids is 1. The maximum Gasteiger partial charge on any atom is 0.167 e. The molecule has 4 heteroatoms. The summed E-state index contributed by atoms with van der Waals surface area (Å²) in [5, 5.41) is 2.02. The van der Waals surface area contributed by atoms with E-state index in [9.17, 15) is 4.79 Å². The van der Waals surface area contributed by atoms with Crippen LogP contribution in [0.1, 0.15) is 36.8 Å². The van der Waals surface area contributed by atoms with Crippen LogP contribution in [0, 0.1) is 0 Å². The molecule has 0 saturated heterocycles. The van der Waals surface area contributed by atoms with Crippen molar-refractivity contribution in [3.63, 3.8) is 0 Å². The van der Waals surface area contributed by atoms with Crippen molar-refractivity contribution >= 4 is 22.6 Å². The Balaban J connectivity index is 2.09. The lowest BCUT2D eigenvalue weighted by Gasteiger charge is -2.17. The molecule has 0 amide bonds. The number of benzene rings is 2. The summed E-state index contributed by atoms with van der Waals surface area (Å²) < 4.78 is 13.9. The topological polar surface area (TPSA) is 39.9 Å². The van der Waals surface area contributed by atoms with Gasteiger partial charge in [0, 0.05) is 34.3 Å². The van der Waals surface area contributed by atoms with Crippen LogP contribution in [-0.2, 0) is 6.42 Å². The van der Waals surface area contributed by atoms with Crippen LogP contribution < -0.4 is 9.47 Å². The minimum Gasteiger partial charge on any atom is -0.493 e. The predicted octanol–water partition coefficient (Wildman–Crippen LogP) is 5.93. The molecule has 0 aliphatic carbocycles. The summed E-state index contributed by atoms with van der Waals surface area (Å²) in [4.78, 5) is 12.2. The number of hydrogen-bond acceptors (Lipinski definition) is 3. The summed E-state index contributed by atoms with van der Waals surface area (Å²) in [6, 6.07) is 16.3. The van der Waals surface area contributed by atoms with E-state index in [-0.39, 0.29) is 0 Å². The summed E-state index contributed by atoms with van der Waals surface area (Å²) in [6.07, 6.45) is 3.89. The summed E-state index contributed by atoms with van der Waals surface area (Å²) in [5.41, 5.74) is 4.60. The number of carbonyl (C=O) groups is 1. The highest BCUT2D eigenvalue weighted by Crippen LogP contribution is 2.44. The average molecular weight is 387 g/mol. The SMILES string of the molecule is CCOc1cc(OCC)c2ccccc2c1-c1cc2ccc(CC)cn2c1C=O. The molecule has 4 aromatic rings. The lowest BCUT2D eigenvalue weighted by Crippen LogP contribution is -2.00. The van der Waals surface area contributed by atoms with Gasteiger partial charge in [0.25, 0.3) is 0 Å². The molecular formula is C25H25NO3. The van der Waals surface area contributed by atoms with E-state index in [4.69, 9.17) is 9.47 Å². The van der Waals surface area contributed by atoms with Gasteiger partial charge in [-0.05, 0) is 43.4 Å². The molecule has 0 saturated carbocycles. The highest BCUT2D eigenvalue weighted by atomic mass is 16.5. The zero-order chi connectivity index (χ0) is 20.4. The molecule has 0 fully saturated rings. The third-order valence-electron chi connectivity index (χ3n) is 5.23. The quantitative estimate of drug-likeness (QED) is 0.369. The van der Waals surface area contributed by atoms with Gasteiger partial charge in [0.05, 0.1) is 18.9 Å². The van der Waals surface area contributed by atoms with Crippen molar-refractivity contribution in [3.05, 3.63) is 66.0 Å². The number of aromatic nitrogens is 1. The summed E-state index contributed by atoms with van der Waals surface area (Å²) in [7, 11) is 0. The Morgan fingerprint density at radius 1 is 0.897 bits per heavy atom. The molecule has 2 heterocycles. The van der Waals surface area contributed by atoms with Crippen molar-refractivity contribution < 1.29 is 14.3 Å². The number of ether oxygens (including phenoxy) is 2. The number of pyridine rings is 1. The molecule has 4 rings (SSSR count). The number of rotatable bonds is 7. The van der Waals surface area contributed by atoms with Gasteiger partial charge in [-0.3, -0.25) is 4.79 Å². The average Bonchev–Trinajstić information content (AvgIpc) is 3.11. The summed E-state index contributed by atoms with van der Waals surface area (Å²) >= 11 is 0. The van der Waals surface area contributed by atoms with Crippen LogP contribution in [0.3, 0.4) is 0 Å². The van der Waals surface area contributed by atoms with Crippen molar-refractivity contribution in [3.8, 4) is 22.6 Å². The second-order valence-corrected chi connectivity index (χ2v) is 6.91. The van der Waals surface area contributed by atoms with Crippen LogP contribution in [0.2, 0.25) is 0 Å². The third-order valence-corrected chi connectivity index (χ3v) is 5.23. The first-order valence-electron chi connectivity index (χ1n) is 10.1. The van der Waals surface area contributed by atoms with Gasteiger partial charge >= 0.3 is 0 Å². The Labute approximate surface area is 170 Å². The van der Waals surface area contributed by atoms with Crippen molar-refractivity contribution in [1.29, 1.82) is 0 Å². The predicted molar refractivity (Wildman–Crippen MR) is 117 cm³/mol. The minimum atomic E-state index is 0.528. The van der Waals surface area contributed by atoms with Gasteiger partial charge in [-0.1, -0.05) is 37.3 Å². The highest BCUT2D eigenvalue weighted by molar-refractivity contribution is 6.06. The molecule has 0 aliphatic rings. The second kappa shape index (κ2) is 8.00. The number of hydrogen-bond donors (Lipinski definition) is 0. The van der Waals surface area contributed by atoms with E-state index in [1.165, 1.54) is 5.56 Å². The van der Waals surface area contributed by atoms with Crippen LogP contribution in [-0.4, -0.2) is 23.9 Å². The number of nitrogens with zero attached hydrogens (tertiary/aromatic N) is 1. The molecule has 0 atom stereocenters. The zero-order valence-corrected chi connectivity index (χ0v) is 17.1. The zero-order valence-electron chi connectivity index (χ0n) is 17.1. The van der Waals surface area contributed by atoms with Gasteiger partial charge in [-0.15, -0.1) is 0 Å². The largest absolute Gasteiger partial charge is 0.493 e. The molecular weight excluding hydrogens is 362 g/mol. The standard InChI is InChI=1S/C25H25NO3/c1-4-17-11-12-18-13-21(22(16-27)26(18)15-17)25-20-10-8-7-9-19(20)23(28-5-2)14-24(25)29-6-3/h7-16H,4-6H2,1-3H3. The molecule has 0 unspecified atom stereocenters. The highest BCUT2D eigenvalue weighted by Gasteiger charge is 2.20. The van der Waals surface area contributed by atoms with Crippen molar-refractivity contribution in [2.75, 3.05) is 13.2 Å². The van der Waals surface area contributed by atoms with Gasteiger partial charge in [0.2, 0.25) is 0 Å². The first-order chi connectivity index (χ1) is 14.2. The Hall–Kier alpha value is -3.27. The second-order valence-electron chi connectivity index (χ2n) is 6.91. The van der Waals surface area contributed by atoms with Crippen LogP contribution in [0.4, 0.5) is 0 Å². The van der Waals surface area contributed by atoms with Gasteiger partial charge in [-0.25, -0.2) is 0 Å². The molecule has 29 heavy (non-hydrogen) atoms. The molecule has 0 aliphatic heterocycles. The number of fused-ring (bicyclic) bond motifs is 2. The Morgan fingerprint density at radius 2 is 1.62 bits per heavy atom. The van der Waals surface area contributed by atoms with E-state index in [0.29, 0.717) is 18.9 Å². The fourth-order valence-corrected chi connectivity index (χ4v) is 3.90. The molecule has 0 spiro atoms. The maximum absolute atomic E-state index is 12.2. The normalized spacial score (nSPS) is 11.1. The number of aldehydes is 1.